The first-order valence-electron chi connectivity index (χ1n) is 35.8. The van der Waals surface area contributed by atoms with Gasteiger partial charge in [-0.15, -0.1) is 0 Å². The van der Waals surface area contributed by atoms with Gasteiger partial charge in [0.25, 0.3) is 0 Å². The first-order valence-corrected chi connectivity index (χ1v) is 35.8. The summed E-state index contributed by atoms with van der Waals surface area (Å²) in [6, 6.07) is 2.62. The maximum absolute atomic E-state index is 13.7. The lowest BCUT2D eigenvalue weighted by molar-refractivity contribution is -0.146. The molecule has 3 atom stereocenters. The molecule has 0 aliphatic rings. The summed E-state index contributed by atoms with van der Waals surface area (Å²) in [7, 11) is 16.3. The number of nitrogens with two attached hydrogens (primary N) is 1. The van der Waals surface area contributed by atoms with E-state index in [0.29, 0.717) is 17.8 Å². The molecule has 616 valence electrons. The van der Waals surface area contributed by atoms with Crippen LogP contribution in [0, 0.1) is 17.8 Å². The zero-order valence-electron chi connectivity index (χ0n) is 67.2. The molecule has 0 aliphatic heterocycles. The van der Waals surface area contributed by atoms with Crippen molar-refractivity contribution >= 4 is 118 Å². The van der Waals surface area contributed by atoms with Gasteiger partial charge in [0.15, 0.2) is 5.78 Å². The van der Waals surface area contributed by atoms with E-state index in [0.717, 1.165) is 49.0 Å². The summed E-state index contributed by atoms with van der Waals surface area (Å²) in [5.41, 5.74) is 6.16. The number of anilines is 1. The number of urea groups is 1. The van der Waals surface area contributed by atoms with E-state index in [2.05, 4.69) is 31.9 Å². The number of hydrogen-bond acceptors (Lipinski definition) is 20. The third kappa shape index (κ3) is 36.7. The van der Waals surface area contributed by atoms with Crippen LogP contribution in [0.5, 0.6) is 0 Å². The van der Waals surface area contributed by atoms with E-state index in [1.165, 1.54) is 87.2 Å². The van der Waals surface area contributed by atoms with E-state index >= 15 is 0 Å². The van der Waals surface area contributed by atoms with Gasteiger partial charge in [-0.05, 0) is 49.8 Å². The van der Waals surface area contributed by atoms with E-state index in [1.54, 1.807) is 79.9 Å². The Kier molecular flexibility index (Phi) is 42.6. The number of ether oxygens (including phenoxy) is 1. The maximum Gasteiger partial charge on any atom is 0.409 e. The second kappa shape index (κ2) is 48.4. The van der Waals surface area contributed by atoms with Crippen LogP contribution in [0.1, 0.15) is 92.6 Å². The van der Waals surface area contributed by atoms with Gasteiger partial charge in [0.2, 0.25) is 94.5 Å². The molecule has 0 saturated heterocycles. The minimum absolute atomic E-state index is 0.0509. The number of primary amides is 1. The van der Waals surface area contributed by atoms with Crippen LogP contribution in [-0.4, -0.2) is 366 Å². The lowest BCUT2D eigenvalue weighted by Crippen LogP contribution is -2.54. The Bertz CT molecular complexity index is 3410. The lowest BCUT2D eigenvalue weighted by Gasteiger charge is -2.27. The molecular formula is C71H117N19O20. The van der Waals surface area contributed by atoms with Crippen molar-refractivity contribution in [1.29, 1.82) is 0 Å². The zero-order chi connectivity index (χ0) is 84.1. The zero-order valence-corrected chi connectivity index (χ0v) is 67.2. The Morgan fingerprint density at radius 3 is 1.15 bits per heavy atom. The SMILES string of the molecule is CC(C)C(=O)[C@H](C)NC(=O)CN(C)C(=O)CN(C)C(=O)CN(C)C(=O)CN(C)C(=O)CN(C)C(=O)CN(C)C(=O)CN(C)C(=O)CN(C)C(=O)CN(C)C(=O)CN(C)C(=O)CCNC(=O)CCCC(=O)N[C@H](C(=O)N[C@@H](CCCNC(N)=O)C(=O)Nc1ccc(COC(=O)N(C)CCN(C)C(=O)C(C)C)cc1)C(C)C. The van der Waals surface area contributed by atoms with Crippen LogP contribution in [0.2, 0.25) is 0 Å². The second-order valence-electron chi connectivity index (χ2n) is 28.2. The van der Waals surface area contributed by atoms with Crippen molar-refractivity contribution in [2.24, 2.45) is 23.5 Å². The number of carbonyl (C=O) groups is 19. The molecule has 0 unspecified atom stereocenters. The normalized spacial score (nSPS) is 11.6. The molecule has 1 aromatic carbocycles. The molecule has 0 heterocycles. The minimum atomic E-state index is -1.15. The number of rotatable bonds is 46. The minimum Gasteiger partial charge on any atom is -0.445 e. The molecule has 0 aliphatic carbocycles. The van der Waals surface area contributed by atoms with Gasteiger partial charge in [0.05, 0.1) is 71.5 Å². The number of likely N-dealkylation sites (N-methyl/N-ethyl adjacent to an activating group) is 12. The fraction of sp³-hybridized carbons (Fsp3) is 0.648. The summed E-state index contributed by atoms with van der Waals surface area (Å²) < 4.78 is 5.41. The topological polar surface area (TPSA) is 471 Å². The van der Waals surface area contributed by atoms with Crippen LogP contribution in [0.25, 0.3) is 0 Å². The standard InChI is InChI=1S/C71H117N19O20/c1-45(2)65(68(106)77-51(22-21-30-74-70(72)108)67(105)76-50-27-25-49(26-28-50)44-110-71(109)80(9)33-32-79(8)69(107)47(5)6)78-53(92)24-20-23-52(91)73-31-29-55(94)82(11)35-57(96)84(13)37-59(98)86(15)39-61(100)88(17)41-63(102)90(19)43-64(103)89(18)42-62(101)87(16)40-60(99)85(14)38-58(97)83(12)36-56(95)81(10)34-54(93)75-48(7)66(104)46(3)4/h25-28,45-48,51,65H,20-24,29-44H2,1-19H3,(H,73,91)(H,75,93)(H,76,105)(H,77,106)(H,78,92)(H3,72,74,108)/t48-,51-,65-/m0/s1. The molecule has 39 nitrogen and oxygen atoms in total. The highest BCUT2D eigenvalue weighted by atomic mass is 16.6. The van der Waals surface area contributed by atoms with Gasteiger partial charge in [-0.3, -0.25) is 81.5 Å². The van der Waals surface area contributed by atoms with Gasteiger partial charge in [-0.1, -0.05) is 53.7 Å². The predicted octanol–water partition coefficient (Wildman–Crippen LogP) is -3.63. The van der Waals surface area contributed by atoms with Gasteiger partial charge >= 0.3 is 12.1 Å². The van der Waals surface area contributed by atoms with Crippen molar-refractivity contribution in [1.82, 2.24) is 85.4 Å². The average Bonchev–Trinajstić information content (AvgIpc) is 0.868. The third-order valence-electron chi connectivity index (χ3n) is 17.2. The van der Waals surface area contributed by atoms with Gasteiger partial charge in [-0.25, -0.2) is 9.59 Å². The Morgan fingerprint density at radius 2 is 0.764 bits per heavy atom. The summed E-state index contributed by atoms with van der Waals surface area (Å²) in [4.78, 5) is 258. The summed E-state index contributed by atoms with van der Waals surface area (Å²) in [5, 5.41) is 15.7. The number of benzene rings is 1. The number of nitrogens with zero attached hydrogens (tertiary/aromatic N) is 12. The Labute approximate surface area is 643 Å². The predicted molar refractivity (Wildman–Crippen MR) is 401 cm³/mol. The van der Waals surface area contributed by atoms with Crippen molar-refractivity contribution in [3.63, 3.8) is 0 Å². The molecule has 39 heteroatoms. The van der Waals surface area contributed by atoms with Gasteiger partial charge in [0.1, 0.15) is 18.7 Å². The van der Waals surface area contributed by atoms with E-state index in [9.17, 15) is 91.1 Å². The molecule has 0 spiro atoms. The van der Waals surface area contributed by atoms with E-state index in [-0.39, 0.29) is 94.8 Å². The number of Topliss-reactive ketones (excluding diaryl/α,β-unsaturated/α-hetero) is 1. The van der Waals surface area contributed by atoms with E-state index in [1.807, 2.05) is 0 Å². The van der Waals surface area contributed by atoms with Crippen molar-refractivity contribution in [2.75, 3.05) is 182 Å². The van der Waals surface area contributed by atoms with Crippen molar-refractivity contribution in [2.45, 2.75) is 112 Å². The smallest absolute Gasteiger partial charge is 0.409 e. The lowest BCUT2D eigenvalue weighted by atomic mass is 10.0. The van der Waals surface area contributed by atoms with E-state index in [4.69, 9.17) is 10.5 Å². The number of carbonyl (C=O) groups excluding carboxylic acids is 19. The Balaban J connectivity index is 2.61. The summed E-state index contributed by atoms with van der Waals surface area (Å²) in [6.45, 7) is 7.54. The van der Waals surface area contributed by atoms with Crippen LogP contribution < -0.4 is 37.6 Å². The monoisotopic (exact) mass is 1560 g/mol. The quantitative estimate of drug-likeness (QED) is 0.0310. The van der Waals surface area contributed by atoms with Crippen molar-refractivity contribution in [3.05, 3.63) is 29.8 Å². The maximum atomic E-state index is 13.7. The molecule has 1 aromatic rings. The molecule has 0 bridgehead atoms. The van der Waals surface area contributed by atoms with Gasteiger partial charge in [-0.2, -0.15) is 0 Å². The molecular weight excluding hydrogens is 1440 g/mol. The van der Waals surface area contributed by atoms with Crippen LogP contribution in [0.3, 0.4) is 0 Å². The molecule has 19 amide bonds. The molecule has 0 radical (unpaired) electrons. The van der Waals surface area contributed by atoms with Crippen molar-refractivity contribution < 1.29 is 95.8 Å². The van der Waals surface area contributed by atoms with Gasteiger partial charge < -0.3 is 101 Å². The molecule has 0 saturated carbocycles. The van der Waals surface area contributed by atoms with E-state index < -0.39 is 184 Å². The first-order chi connectivity index (χ1) is 51.2. The molecule has 8 N–H and O–H groups in total. The van der Waals surface area contributed by atoms with Crippen LogP contribution in [-0.2, 0) is 92.9 Å². The summed E-state index contributed by atoms with van der Waals surface area (Å²) in [6.07, 6.45) is -0.798. The fourth-order valence-corrected chi connectivity index (χ4v) is 9.81. The number of hydrogen-bond donors (Lipinski definition) is 7. The van der Waals surface area contributed by atoms with Crippen LogP contribution in [0.15, 0.2) is 24.3 Å². The highest BCUT2D eigenvalue weighted by molar-refractivity contribution is 5.99. The summed E-state index contributed by atoms with van der Waals surface area (Å²) in [5.74, 6) is -10.5. The number of nitrogens with one attached hydrogen (secondary N) is 6. The number of ketones is 1. The van der Waals surface area contributed by atoms with Crippen LogP contribution in [0.4, 0.5) is 15.3 Å². The average molecular weight is 1560 g/mol. The fourth-order valence-electron chi connectivity index (χ4n) is 9.81. The molecule has 1 rings (SSSR count). The molecule has 0 fully saturated rings. The molecule has 110 heavy (non-hydrogen) atoms. The second-order valence-corrected chi connectivity index (χ2v) is 28.2. The summed E-state index contributed by atoms with van der Waals surface area (Å²) >= 11 is 0. The van der Waals surface area contributed by atoms with Crippen molar-refractivity contribution in [3.8, 4) is 0 Å². The number of amides is 19. The Morgan fingerprint density at radius 1 is 0.382 bits per heavy atom. The Hall–Kier alpha value is -11.1. The third-order valence-corrected chi connectivity index (χ3v) is 17.2. The van der Waals surface area contributed by atoms with Gasteiger partial charge in [0, 0.05) is 148 Å². The largest absolute Gasteiger partial charge is 0.445 e. The molecule has 0 aromatic heterocycles. The van der Waals surface area contributed by atoms with Crippen LogP contribution >= 0.6 is 0 Å². The highest BCUT2D eigenvalue weighted by Crippen LogP contribution is 2.15. The highest BCUT2D eigenvalue weighted by Gasteiger charge is 2.32. The first kappa shape index (κ1) is 97.0.